The molecule has 3 heterocycles. The molecule has 1 saturated heterocycles. The van der Waals surface area contributed by atoms with Crippen molar-refractivity contribution in [2.75, 3.05) is 13.1 Å². The molecule has 0 bridgehead atoms. The highest BCUT2D eigenvalue weighted by Crippen LogP contribution is 2.30. The molecule has 21 heavy (non-hydrogen) atoms. The highest BCUT2D eigenvalue weighted by Gasteiger charge is 2.39. The van der Waals surface area contributed by atoms with Crippen LogP contribution in [0.15, 0.2) is 36.7 Å². The van der Waals surface area contributed by atoms with Gasteiger partial charge in [-0.1, -0.05) is 6.07 Å². The number of hydrogen-bond donors (Lipinski definition) is 1. The number of piperidine rings is 1. The molecule has 1 N–H and O–H groups in total. The SMILES string of the molecule is CC1(C(=O)O)CCCN(C(=O)c2cc3ccccn3c2)C1. The minimum absolute atomic E-state index is 0.0918. The summed E-state index contributed by atoms with van der Waals surface area (Å²) in [7, 11) is 0. The van der Waals surface area contributed by atoms with Crippen molar-refractivity contribution < 1.29 is 14.7 Å². The zero-order valence-electron chi connectivity index (χ0n) is 12.0. The lowest BCUT2D eigenvalue weighted by atomic mass is 9.82. The summed E-state index contributed by atoms with van der Waals surface area (Å²) in [6, 6.07) is 7.61. The zero-order valence-corrected chi connectivity index (χ0v) is 12.0. The topological polar surface area (TPSA) is 62.0 Å². The largest absolute Gasteiger partial charge is 0.481 e. The third-order valence-corrected chi connectivity index (χ3v) is 4.25. The van der Waals surface area contributed by atoms with Gasteiger partial charge in [-0.15, -0.1) is 0 Å². The standard InChI is InChI=1S/C16H18N2O3/c1-16(15(20)21)6-4-8-18(11-16)14(19)12-9-13-5-2-3-7-17(13)10-12/h2-3,5,7,9-10H,4,6,8,11H2,1H3,(H,20,21). The van der Waals surface area contributed by atoms with Crippen molar-refractivity contribution in [3.05, 3.63) is 42.2 Å². The van der Waals surface area contributed by atoms with E-state index in [0.717, 1.165) is 11.9 Å². The molecule has 0 spiro atoms. The molecular formula is C16H18N2O3. The van der Waals surface area contributed by atoms with Crippen molar-refractivity contribution in [3.8, 4) is 0 Å². The summed E-state index contributed by atoms with van der Waals surface area (Å²) >= 11 is 0. The molecule has 0 aliphatic carbocycles. The van der Waals surface area contributed by atoms with Crippen LogP contribution in [-0.2, 0) is 4.79 Å². The van der Waals surface area contributed by atoms with Crippen LogP contribution in [0.4, 0.5) is 0 Å². The summed E-state index contributed by atoms with van der Waals surface area (Å²) in [5.74, 6) is -0.923. The predicted molar refractivity (Wildman–Crippen MR) is 78.3 cm³/mol. The van der Waals surface area contributed by atoms with E-state index in [-0.39, 0.29) is 12.5 Å². The van der Waals surface area contributed by atoms with Crippen molar-refractivity contribution >= 4 is 17.4 Å². The molecule has 110 valence electrons. The fraction of sp³-hybridized carbons (Fsp3) is 0.375. The smallest absolute Gasteiger partial charge is 0.311 e. The summed E-state index contributed by atoms with van der Waals surface area (Å²) < 4.78 is 1.90. The molecule has 0 saturated carbocycles. The summed E-state index contributed by atoms with van der Waals surface area (Å²) in [5.41, 5.74) is 0.724. The van der Waals surface area contributed by atoms with Crippen LogP contribution >= 0.6 is 0 Å². The maximum atomic E-state index is 12.6. The van der Waals surface area contributed by atoms with Gasteiger partial charge >= 0.3 is 5.97 Å². The Morgan fingerprint density at radius 1 is 1.33 bits per heavy atom. The van der Waals surface area contributed by atoms with Crippen molar-refractivity contribution in [2.45, 2.75) is 19.8 Å². The number of pyridine rings is 1. The molecule has 1 aliphatic rings. The highest BCUT2D eigenvalue weighted by atomic mass is 16.4. The van der Waals surface area contributed by atoms with E-state index < -0.39 is 11.4 Å². The average Bonchev–Trinajstić information content (AvgIpc) is 2.90. The van der Waals surface area contributed by atoms with E-state index in [1.807, 2.05) is 34.9 Å². The average molecular weight is 286 g/mol. The second-order valence-corrected chi connectivity index (χ2v) is 5.96. The van der Waals surface area contributed by atoms with E-state index in [4.69, 9.17) is 0 Å². The minimum Gasteiger partial charge on any atom is -0.481 e. The first-order valence-electron chi connectivity index (χ1n) is 7.09. The molecule has 1 amide bonds. The van der Waals surface area contributed by atoms with Gasteiger partial charge in [-0.3, -0.25) is 9.59 Å². The van der Waals surface area contributed by atoms with E-state index in [0.29, 0.717) is 18.5 Å². The Balaban J connectivity index is 1.86. The molecule has 2 aromatic heterocycles. The van der Waals surface area contributed by atoms with Crippen LogP contribution < -0.4 is 0 Å². The number of carboxylic acid groups (broad SMARTS) is 1. The van der Waals surface area contributed by atoms with Gasteiger partial charge < -0.3 is 14.4 Å². The predicted octanol–water partition coefficient (Wildman–Crippen LogP) is 2.27. The number of carbonyl (C=O) groups excluding carboxylic acids is 1. The second-order valence-electron chi connectivity index (χ2n) is 5.96. The number of fused-ring (bicyclic) bond motifs is 1. The molecule has 5 nitrogen and oxygen atoms in total. The second kappa shape index (κ2) is 4.91. The van der Waals surface area contributed by atoms with Crippen LogP contribution in [0.3, 0.4) is 0 Å². The lowest BCUT2D eigenvalue weighted by Gasteiger charge is -2.37. The van der Waals surface area contributed by atoms with Crippen molar-refractivity contribution in [2.24, 2.45) is 5.41 Å². The highest BCUT2D eigenvalue weighted by molar-refractivity contribution is 5.96. The fourth-order valence-electron chi connectivity index (χ4n) is 2.94. The molecule has 1 atom stereocenters. The lowest BCUT2D eigenvalue weighted by Crippen LogP contribution is -2.48. The van der Waals surface area contributed by atoms with Gasteiger partial charge in [0.1, 0.15) is 0 Å². The number of aromatic nitrogens is 1. The Morgan fingerprint density at radius 2 is 2.14 bits per heavy atom. The monoisotopic (exact) mass is 286 g/mol. The number of hydrogen-bond acceptors (Lipinski definition) is 2. The normalized spacial score (nSPS) is 22.4. The molecule has 5 heteroatoms. The molecule has 1 unspecified atom stereocenters. The quantitative estimate of drug-likeness (QED) is 0.921. The van der Waals surface area contributed by atoms with Gasteiger partial charge in [0.25, 0.3) is 5.91 Å². The molecule has 3 rings (SSSR count). The molecule has 2 aromatic rings. The van der Waals surface area contributed by atoms with Crippen LogP contribution in [0.25, 0.3) is 5.52 Å². The first kappa shape index (κ1) is 13.7. The van der Waals surface area contributed by atoms with Crippen LogP contribution in [0.1, 0.15) is 30.1 Å². The number of carboxylic acids is 1. The lowest BCUT2D eigenvalue weighted by molar-refractivity contribution is -0.150. The van der Waals surface area contributed by atoms with Crippen molar-refractivity contribution in [3.63, 3.8) is 0 Å². The van der Waals surface area contributed by atoms with Gasteiger partial charge in [-0.25, -0.2) is 0 Å². The molecule has 1 fully saturated rings. The molecule has 0 aromatic carbocycles. The van der Waals surface area contributed by atoms with Gasteiger partial charge in [0, 0.05) is 31.0 Å². The van der Waals surface area contributed by atoms with Crippen molar-refractivity contribution in [1.82, 2.24) is 9.30 Å². The third kappa shape index (κ3) is 2.39. The van der Waals surface area contributed by atoms with E-state index in [9.17, 15) is 14.7 Å². The van der Waals surface area contributed by atoms with E-state index in [1.54, 1.807) is 18.0 Å². The van der Waals surface area contributed by atoms with E-state index in [2.05, 4.69) is 0 Å². The van der Waals surface area contributed by atoms with Crippen LogP contribution in [0.2, 0.25) is 0 Å². The third-order valence-electron chi connectivity index (χ3n) is 4.25. The van der Waals surface area contributed by atoms with Gasteiger partial charge in [0.05, 0.1) is 11.0 Å². The fourth-order valence-corrected chi connectivity index (χ4v) is 2.94. The Kier molecular flexibility index (Phi) is 3.20. The Bertz CT molecular complexity index is 673. The Morgan fingerprint density at radius 3 is 2.86 bits per heavy atom. The zero-order chi connectivity index (χ0) is 15.0. The summed E-state index contributed by atoms with van der Waals surface area (Å²) in [6.45, 7) is 2.60. The number of amides is 1. The first-order valence-corrected chi connectivity index (χ1v) is 7.09. The van der Waals surface area contributed by atoms with Crippen LogP contribution in [0.5, 0.6) is 0 Å². The number of carbonyl (C=O) groups is 2. The number of aliphatic carboxylic acids is 1. The number of nitrogens with zero attached hydrogens (tertiary/aromatic N) is 2. The Hall–Kier alpha value is -2.30. The van der Waals surface area contributed by atoms with Gasteiger partial charge in [-0.2, -0.15) is 0 Å². The molecule has 1 aliphatic heterocycles. The van der Waals surface area contributed by atoms with Crippen LogP contribution in [0, 0.1) is 5.41 Å². The number of likely N-dealkylation sites (tertiary alicyclic amines) is 1. The summed E-state index contributed by atoms with van der Waals surface area (Å²) in [5, 5.41) is 9.34. The van der Waals surface area contributed by atoms with E-state index in [1.165, 1.54) is 0 Å². The molecular weight excluding hydrogens is 268 g/mol. The molecule has 0 radical (unpaired) electrons. The van der Waals surface area contributed by atoms with Gasteiger partial charge in [0.2, 0.25) is 0 Å². The summed E-state index contributed by atoms with van der Waals surface area (Å²) in [6.07, 6.45) is 5.03. The van der Waals surface area contributed by atoms with Gasteiger partial charge in [0.15, 0.2) is 0 Å². The minimum atomic E-state index is -0.840. The Labute approximate surface area is 122 Å². The maximum absolute atomic E-state index is 12.6. The van der Waals surface area contributed by atoms with E-state index >= 15 is 0 Å². The summed E-state index contributed by atoms with van der Waals surface area (Å²) in [4.78, 5) is 25.6. The maximum Gasteiger partial charge on any atom is 0.311 e. The first-order chi connectivity index (χ1) is 9.99. The van der Waals surface area contributed by atoms with Gasteiger partial charge in [-0.05, 0) is 38.0 Å². The van der Waals surface area contributed by atoms with Crippen molar-refractivity contribution in [1.29, 1.82) is 0 Å². The van der Waals surface area contributed by atoms with Crippen LogP contribution in [-0.4, -0.2) is 39.4 Å². The number of rotatable bonds is 2.